The molecule has 14 heteroatoms. The molecule has 0 aromatic carbocycles. The number of nitrogens with one attached hydrogen (secondary N) is 1. The Kier molecular flexibility index (Phi) is 6.15. The number of aliphatic carboxylic acids is 1. The zero-order chi connectivity index (χ0) is 24.7. The first-order valence-electron chi connectivity index (χ1n) is 10.6. The van der Waals surface area contributed by atoms with E-state index in [1.54, 1.807) is 17.0 Å². The number of thioether (sulfide) groups is 1. The second kappa shape index (κ2) is 9.26. The average Bonchev–Trinajstić information content (AvgIpc) is 3.38. The first-order chi connectivity index (χ1) is 16.8. The Balaban J connectivity index is 1.33. The highest BCUT2D eigenvalue weighted by Crippen LogP contribution is 2.40. The van der Waals surface area contributed by atoms with Crippen LogP contribution in [0.25, 0.3) is 0 Å². The quantitative estimate of drug-likeness (QED) is 0.194. The van der Waals surface area contributed by atoms with Gasteiger partial charge in [-0.3, -0.25) is 14.5 Å². The van der Waals surface area contributed by atoms with Crippen molar-refractivity contribution in [3.8, 4) is 0 Å². The van der Waals surface area contributed by atoms with Gasteiger partial charge in [0.1, 0.15) is 23.3 Å². The number of amides is 2. The first-order valence-corrected chi connectivity index (χ1v) is 12.5. The summed E-state index contributed by atoms with van der Waals surface area (Å²) in [5.74, 6) is -2.49. The van der Waals surface area contributed by atoms with Gasteiger partial charge in [0.25, 0.3) is 11.8 Å². The molecule has 182 valence electrons. The smallest absolute Gasteiger partial charge is 0.276 e. The van der Waals surface area contributed by atoms with E-state index in [1.165, 1.54) is 17.1 Å². The molecular formula is C21H19FN6O5S2. The van der Waals surface area contributed by atoms with Crippen LogP contribution in [-0.2, 0) is 25.8 Å². The van der Waals surface area contributed by atoms with Crippen LogP contribution in [0.15, 0.2) is 52.4 Å². The number of hydrogen-bond donors (Lipinski definition) is 2. The molecule has 2 aliphatic heterocycles. The summed E-state index contributed by atoms with van der Waals surface area (Å²) < 4.78 is 15.0. The Morgan fingerprint density at radius 2 is 2.11 bits per heavy atom. The van der Waals surface area contributed by atoms with Crippen molar-refractivity contribution in [3.63, 3.8) is 0 Å². The molecule has 0 spiro atoms. The van der Waals surface area contributed by atoms with Gasteiger partial charge in [0.05, 0.1) is 11.7 Å². The topological polar surface area (TPSA) is 154 Å². The molecule has 35 heavy (non-hydrogen) atoms. The minimum atomic E-state index is -1.46. The molecule has 4 atom stereocenters. The lowest BCUT2D eigenvalue weighted by atomic mass is 10.0. The van der Waals surface area contributed by atoms with E-state index >= 15 is 0 Å². The molecule has 3 aliphatic rings. The number of thiazole rings is 1. The molecule has 0 radical (unpaired) electrons. The highest BCUT2D eigenvalue weighted by Gasteiger charge is 2.53. The number of carbonyl (C=O) groups excluding carboxylic acids is 3. The second-order valence-electron chi connectivity index (χ2n) is 8.05. The summed E-state index contributed by atoms with van der Waals surface area (Å²) in [7, 11) is 0. The molecule has 1 saturated heterocycles. The van der Waals surface area contributed by atoms with Crippen LogP contribution in [0.5, 0.6) is 0 Å². The van der Waals surface area contributed by atoms with Gasteiger partial charge in [-0.15, -0.1) is 23.1 Å². The monoisotopic (exact) mass is 518 g/mol. The maximum absolute atomic E-state index is 13.2. The number of halogens is 1. The van der Waals surface area contributed by atoms with Crippen molar-refractivity contribution in [3.05, 3.63) is 52.9 Å². The Morgan fingerprint density at radius 1 is 1.37 bits per heavy atom. The molecule has 1 aliphatic carbocycles. The number of carboxylic acid groups (broad SMARTS) is 1. The van der Waals surface area contributed by atoms with E-state index in [-0.39, 0.29) is 35.2 Å². The number of nitrogens with zero attached hydrogens (tertiary/aromatic N) is 4. The molecular weight excluding hydrogens is 499 g/mol. The third kappa shape index (κ3) is 4.58. The molecule has 3 N–H and O–H groups in total. The third-order valence-corrected chi connectivity index (χ3v) is 7.61. The number of fused-ring (bicyclic) bond motifs is 1. The van der Waals surface area contributed by atoms with Crippen LogP contribution in [0.1, 0.15) is 12.1 Å². The first kappa shape index (κ1) is 23.2. The number of alkyl halides is 1. The fraction of sp³-hybridized carbons (Fsp3) is 0.333. The zero-order valence-electron chi connectivity index (χ0n) is 18.0. The predicted molar refractivity (Wildman–Crippen MR) is 121 cm³/mol. The summed E-state index contributed by atoms with van der Waals surface area (Å²) in [6.07, 6.45) is 1.87. The summed E-state index contributed by atoms with van der Waals surface area (Å²) in [6.45, 7) is 0.279. The summed E-state index contributed by atoms with van der Waals surface area (Å²) in [5.41, 5.74) is 5.87. The maximum Gasteiger partial charge on any atom is 0.276 e. The molecule has 2 aromatic heterocycles. The van der Waals surface area contributed by atoms with Crippen LogP contribution in [0.3, 0.4) is 0 Å². The fourth-order valence-electron chi connectivity index (χ4n) is 3.74. The molecule has 2 unspecified atom stereocenters. The Hall–Kier alpha value is -3.52. The summed E-state index contributed by atoms with van der Waals surface area (Å²) in [5, 5.41) is 19.3. The van der Waals surface area contributed by atoms with Crippen molar-refractivity contribution in [2.24, 2.45) is 5.16 Å². The summed E-state index contributed by atoms with van der Waals surface area (Å²) in [4.78, 5) is 48.1. The van der Waals surface area contributed by atoms with E-state index in [1.807, 2.05) is 18.2 Å². The number of aromatic nitrogens is 2. The van der Waals surface area contributed by atoms with E-state index in [9.17, 15) is 23.9 Å². The van der Waals surface area contributed by atoms with Gasteiger partial charge in [-0.25, -0.2) is 13.9 Å². The molecule has 2 fully saturated rings. The predicted octanol–water partition coefficient (Wildman–Crippen LogP) is -1.05. The maximum atomic E-state index is 13.2. The number of carboxylic acids is 1. The van der Waals surface area contributed by atoms with Crippen molar-refractivity contribution in [1.82, 2.24) is 15.2 Å². The molecule has 11 nitrogen and oxygen atoms in total. The molecule has 5 rings (SSSR count). The third-order valence-electron chi connectivity index (χ3n) is 5.59. The standard InChI is InChI=1S/C21H19FN6O5S2/c22-11-6-13(11)33-26-14(12-9-35-21(23)24-12)17(29)25-15-18(30)28-16(20(31)32)10(8-34-19(15)28)7-27-4-2-1-3-5-27/h1-5,9,11,13,15,19H,6-8H2,(H3-,23,24,25,29,31,32)/t11?,13?,15-,19+/m1/s1. The summed E-state index contributed by atoms with van der Waals surface area (Å²) in [6, 6.07) is 4.47. The lowest BCUT2D eigenvalue weighted by molar-refractivity contribution is -0.689. The molecule has 2 aromatic rings. The van der Waals surface area contributed by atoms with Gasteiger partial charge < -0.3 is 25.8 Å². The van der Waals surface area contributed by atoms with Crippen molar-refractivity contribution < 1.29 is 33.3 Å². The van der Waals surface area contributed by atoms with Crippen LogP contribution >= 0.6 is 23.1 Å². The van der Waals surface area contributed by atoms with E-state index in [4.69, 9.17) is 10.6 Å². The van der Waals surface area contributed by atoms with Crippen molar-refractivity contribution in [2.45, 2.75) is 36.7 Å². The minimum absolute atomic E-state index is 0.124. The number of oxime groups is 1. The minimum Gasteiger partial charge on any atom is -0.543 e. The van der Waals surface area contributed by atoms with E-state index in [2.05, 4.69) is 15.5 Å². The normalized spacial score (nSPS) is 25.6. The number of nitrogens with two attached hydrogens (primary N) is 1. The van der Waals surface area contributed by atoms with Crippen LogP contribution in [-0.4, -0.2) is 62.8 Å². The van der Waals surface area contributed by atoms with Crippen LogP contribution < -0.4 is 20.7 Å². The van der Waals surface area contributed by atoms with Gasteiger partial charge in [0.15, 0.2) is 35.9 Å². The number of carbonyl (C=O) groups is 3. The lowest BCUT2D eigenvalue weighted by Crippen LogP contribution is -2.71. The Labute approximate surface area is 206 Å². The largest absolute Gasteiger partial charge is 0.543 e. The van der Waals surface area contributed by atoms with Crippen LogP contribution in [0.4, 0.5) is 9.52 Å². The van der Waals surface area contributed by atoms with E-state index in [0.29, 0.717) is 11.3 Å². The highest BCUT2D eigenvalue weighted by atomic mass is 32.2. The SMILES string of the molecule is Nc1nc(C(=NOC2CC2F)C(=O)N[C@@H]2C(=O)N3C(C(=O)[O-])=C(C[n+]4ccccc4)CS[C@@H]23)cs1. The van der Waals surface area contributed by atoms with E-state index in [0.717, 1.165) is 16.2 Å². The molecule has 2 amide bonds. The molecule has 1 saturated carbocycles. The highest BCUT2D eigenvalue weighted by molar-refractivity contribution is 8.00. The number of hydrogen-bond acceptors (Lipinski definition) is 10. The van der Waals surface area contributed by atoms with Gasteiger partial charge in [0.2, 0.25) is 0 Å². The number of pyridine rings is 1. The second-order valence-corrected chi connectivity index (χ2v) is 10.0. The lowest BCUT2D eigenvalue weighted by Gasteiger charge is -2.50. The average molecular weight is 519 g/mol. The van der Waals surface area contributed by atoms with Crippen LogP contribution in [0.2, 0.25) is 0 Å². The van der Waals surface area contributed by atoms with Gasteiger partial charge >= 0.3 is 0 Å². The zero-order valence-corrected chi connectivity index (χ0v) is 19.6. The van der Waals surface area contributed by atoms with Crippen molar-refractivity contribution >= 4 is 51.7 Å². The Morgan fingerprint density at radius 3 is 2.74 bits per heavy atom. The van der Waals surface area contributed by atoms with Crippen molar-refractivity contribution in [1.29, 1.82) is 0 Å². The molecule has 4 heterocycles. The van der Waals surface area contributed by atoms with Gasteiger partial charge in [-0.1, -0.05) is 11.2 Å². The summed E-state index contributed by atoms with van der Waals surface area (Å²) >= 11 is 2.41. The van der Waals surface area contributed by atoms with Crippen molar-refractivity contribution in [2.75, 3.05) is 11.5 Å². The Bertz CT molecular complexity index is 1250. The van der Waals surface area contributed by atoms with E-state index < -0.39 is 41.5 Å². The molecule has 0 bridgehead atoms. The van der Waals surface area contributed by atoms with Crippen LogP contribution in [0, 0.1) is 0 Å². The van der Waals surface area contributed by atoms with Gasteiger partial charge in [-0.05, 0) is 0 Å². The number of nitrogen functional groups attached to an aromatic ring is 1. The number of anilines is 1. The van der Waals surface area contributed by atoms with Gasteiger partial charge in [-0.2, -0.15) is 0 Å². The fourth-order valence-corrected chi connectivity index (χ4v) is 5.62. The number of β-lactam (4-membered cyclic amide) rings is 1. The number of rotatable bonds is 8. The van der Waals surface area contributed by atoms with Gasteiger partial charge in [0, 0.05) is 35.3 Å².